The summed E-state index contributed by atoms with van der Waals surface area (Å²) in [6.07, 6.45) is -1.01. The van der Waals surface area contributed by atoms with Gasteiger partial charge in [0.2, 0.25) is 0 Å². The molecule has 2 aliphatic heterocycles. The Morgan fingerprint density at radius 1 is 1.29 bits per heavy atom. The second-order valence-corrected chi connectivity index (χ2v) is 5.02. The number of ether oxygens (including phenoxy) is 4. The Kier molecular flexibility index (Phi) is 4.38. The minimum absolute atomic E-state index is 0.292. The van der Waals surface area contributed by atoms with Gasteiger partial charge in [-0.3, -0.25) is 0 Å². The number of nitrogens with zero attached hydrogens (tertiary/aromatic N) is 3. The molecule has 21 heavy (non-hydrogen) atoms. The fourth-order valence-corrected chi connectivity index (χ4v) is 2.70. The van der Waals surface area contributed by atoms with Crippen molar-refractivity contribution >= 4 is 0 Å². The third-order valence-electron chi connectivity index (χ3n) is 3.73. The smallest absolute Gasteiger partial charge is 0.184 e. The summed E-state index contributed by atoms with van der Waals surface area (Å²) in [7, 11) is 1.56. The van der Waals surface area contributed by atoms with Crippen LogP contribution in [0.3, 0.4) is 0 Å². The highest BCUT2D eigenvalue weighted by Gasteiger charge is 2.44. The average Bonchev–Trinajstić information content (AvgIpc) is 2.55. The van der Waals surface area contributed by atoms with Gasteiger partial charge in [-0.2, -0.15) is 0 Å². The molecule has 2 saturated heterocycles. The second-order valence-electron chi connectivity index (χ2n) is 5.02. The highest BCUT2D eigenvalue weighted by atomic mass is 16.7. The monoisotopic (exact) mass is 291 g/mol. The van der Waals surface area contributed by atoms with E-state index in [4.69, 9.17) is 24.5 Å². The molecule has 7 heteroatoms. The Morgan fingerprint density at radius 3 is 2.81 bits per heavy atom. The fraction of sp³-hybridized carbons (Fsp3) is 0.571. The highest BCUT2D eigenvalue weighted by molar-refractivity contribution is 5.16. The molecule has 2 aliphatic rings. The first-order valence-electron chi connectivity index (χ1n) is 6.86. The summed E-state index contributed by atoms with van der Waals surface area (Å²) >= 11 is 0. The zero-order valence-electron chi connectivity index (χ0n) is 11.7. The van der Waals surface area contributed by atoms with E-state index in [-0.39, 0.29) is 18.2 Å². The molecule has 0 bridgehead atoms. The van der Waals surface area contributed by atoms with Crippen LogP contribution in [0.2, 0.25) is 0 Å². The molecule has 5 atom stereocenters. The fourth-order valence-electron chi connectivity index (χ4n) is 2.70. The molecule has 0 N–H and O–H groups in total. The summed E-state index contributed by atoms with van der Waals surface area (Å²) in [5.74, 6) is 0. The quantitative estimate of drug-likeness (QED) is 0.486. The molecule has 0 spiro atoms. The lowest BCUT2D eigenvalue weighted by Gasteiger charge is -2.44. The molecule has 0 unspecified atom stereocenters. The van der Waals surface area contributed by atoms with Crippen LogP contribution < -0.4 is 0 Å². The Bertz CT molecular complexity index is 520. The van der Waals surface area contributed by atoms with Crippen molar-refractivity contribution in [3.05, 3.63) is 46.3 Å². The van der Waals surface area contributed by atoms with E-state index in [9.17, 15) is 0 Å². The molecule has 1 aromatic carbocycles. The van der Waals surface area contributed by atoms with Gasteiger partial charge in [-0.25, -0.2) is 0 Å². The molecular weight excluding hydrogens is 274 g/mol. The van der Waals surface area contributed by atoms with Crippen LogP contribution in [0.15, 0.2) is 35.4 Å². The molecule has 1 aromatic rings. The number of azide groups is 1. The van der Waals surface area contributed by atoms with Crippen LogP contribution in [0, 0.1) is 0 Å². The Balaban J connectivity index is 1.77. The topological polar surface area (TPSA) is 85.7 Å². The summed E-state index contributed by atoms with van der Waals surface area (Å²) in [4.78, 5) is 2.91. The largest absolute Gasteiger partial charge is 0.356 e. The number of hydrogen-bond donors (Lipinski definition) is 0. The molecule has 0 radical (unpaired) electrons. The van der Waals surface area contributed by atoms with Crippen molar-refractivity contribution in [2.75, 3.05) is 13.7 Å². The summed E-state index contributed by atoms with van der Waals surface area (Å²) in [6, 6.07) is 9.35. The van der Waals surface area contributed by atoms with Gasteiger partial charge in [0.05, 0.1) is 18.8 Å². The molecule has 0 aromatic heterocycles. The molecule has 2 fully saturated rings. The van der Waals surface area contributed by atoms with Crippen molar-refractivity contribution in [3.8, 4) is 0 Å². The number of hydrogen-bond acceptors (Lipinski definition) is 5. The standard InChI is InChI=1S/C14H17N3O4/c1-18-12-7-10(16-17-15)13-11(20-12)8-19-14(21-13)9-5-3-2-4-6-9/h2-6,10-14H,7-8H2,1H3/t10-,11+,12+,13-,14+/m1/s1. The maximum atomic E-state index is 8.74. The molecule has 0 saturated carbocycles. The lowest BCUT2D eigenvalue weighted by molar-refractivity contribution is -0.317. The van der Waals surface area contributed by atoms with E-state index in [1.807, 2.05) is 30.3 Å². The van der Waals surface area contributed by atoms with E-state index < -0.39 is 12.6 Å². The number of benzene rings is 1. The Morgan fingerprint density at radius 2 is 2.10 bits per heavy atom. The van der Waals surface area contributed by atoms with Gasteiger partial charge in [-0.05, 0) is 5.53 Å². The first kappa shape index (κ1) is 14.3. The van der Waals surface area contributed by atoms with Gasteiger partial charge in [0.25, 0.3) is 0 Å². The van der Waals surface area contributed by atoms with E-state index in [0.29, 0.717) is 13.0 Å². The Hall–Kier alpha value is -1.63. The van der Waals surface area contributed by atoms with Gasteiger partial charge in [0.15, 0.2) is 12.6 Å². The minimum atomic E-state index is -0.466. The van der Waals surface area contributed by atoms with Crippen LogP contribution in [0.25, 0.3) is 10.4 Å². The highest BCUT2D eigenvalue weighted by Crippen LogP contribution is 2.35. The van der Waals surface area contributed by atoms with Gasteiger partial charge in [0.1, 0.15) is 6.10 Å². The third kappa shape index (κ3) is 3.02. The van der Waals surface area contributed by atoms with Crippen molar-refractivity contribution in [2.45, 2.75) is 37.3 Å². The lowest BCUT2D eigenvalue weighted by atomic mass is 9.98. The van der Waals surface area contributed by atoms with E-state index in [1.165, 1.54) is 0 Å². The summed E-state index contributed by atoms with van der Waals surface area (Å²) < 4.78 is 22.6. The van der Waals surface area contributed by atoms with Crippen molar-refractivity contribution < 1.29 is 18.9 Å². The van der Waals surface area contributed by atoms with Gasteiger partial charge in [-0.1, -0.05) is 35.4 Å². The van der Waals surface area contributed by atoms with Crippen LogP contribution in [0.4, 0.5) is 0 Å². The lowest BCUT2D eigenvalue weighted by Crippen LogP contribution is -2.54. The predicted octanol–water partition coefficient (Wildman–Crippen LogP) is 2.54. The van der Waals surface area contributed by atoms with E-state index in [0.717, 1.165) is 5.56 Å². The van der Waals surface area contributed by atoms with E-state index in [1.54, 1.807) is 7.11 Å². The van der Waals surface area contributed by atoms with Crippen molar-refractivity contribution in [2.24, 2.45) is 5.11 Å². The summed E-state index contributed by atoms with van der Waals surface area (Å²) in [5.41, 5.74) is 9.68. The van der Waals surface area contributed by atoms with Gasteiger partial charge >= 0.3 is 0 Å². The third-order valence-corrected chi connectivity index (χ3v) is 3.73. The molecule has 3 rings (SSSR count). The van der Waals surface area contributed by atoms with Crippen molar-refractivity contribution in [3.63, 3.8) is 0 Å². The number of rotatable bonds is 3. The maximum Gasteiger partial charge on any atom is 0.184 e. The molecule has 2 heterocycles. The van der Waals surface area contributed by atoms with Crippen LogP contribution >= 0.6 is 0 Å². The van der Waals surface area contributed by atoms with Gasteiger partial charge < -0.3 is 18.9 Å². The van der Waals surface area contributed by atoms with Crippen LogP contribution in [0.1, 0.15) is 18.3 Å². The van der Waals surface area contributed by atoms with Crippen LogP contribution in [0.5, 0.6) is 0 Å². The van der Waals surface area contributed by atoms with Crippen LogP contribution in [-0.2, 0) is 18.9 Å². The molecule has 112 valence electrons. The predicted molar refractivity (Wildman–Crippen MR) is 73.2 cm³/mol. The first-order chi connectivity index (χ1) is 10.3. The Labute approximate surface area is 122 Å². The second kappa shape index (κ2) is 6.43. The SMILES string of the molecule is CO[C@@H]1C[C@@H](N=[N+]=[N-])[C@H]2O[C@@H](c3ccccc3)OC[C@@H]2O1. The van der Waals surface area contributed by atoms with Crippen LogP contribution in [-0.4, -0.2) is 38.3 Å². The molecule has 0 amide bonds. The van der Waals surface area contributed by atoms with Gasteiger partial charge in [0, 0.05) is 24.0 Å². The summed E-state index contributed by atoms with van der Waals surface area (Å²) in [5, 5.41) is 3.83. The molecule has 0 aliphatic carbocycles. The minimum Gasteiger partial charge on any atom is -0.356 e. The van der Waals surface area contributed by atoms with E-state index >= 15 is 0 Å². The molecular formula is C14H17N3O4. The normalized spacial score (nSPS) is 35.6. The zero-order valence-corrected chi connectivity index (χ0v) is 11.7. The average molecular weight is 291 g/mol. The van der Waals surface area contributed by atoms with Crippen molar-refractivity contribution in [1.29, 1.82) is 0 Å². The van der Waals surface area contributed by atoms with Crippen molar-refractivity contribution in [1.82, 2.24) is 0 Å². The van der Waals surface area contributed by atoms with Gasteiger partial charge in [-0.15, -0.1) is 0 Å². The summed E-state index contributed by atoms with van der Waals surface area (Å²) in [6.45, 7) is 0.377. The first-order valence-corrected chi connectivity index (χ1v) is 6.86. The number of methoxy groups -OCH3 is 1. The maximum absolute atomic E-state index is 8.74. The molecule has 7 nitrogen and oxygen atoms in total. The van der Waals surface area contributed by atoms with E-state index in [2.05, 4.69) is 10.0 Å². The number of fused-ring (bicyclic) bond motifs is 1. The zero-order chi connectivity index (χ0) is 14.7.